The van der Waals surface area contributed by atoms with Gasteiger partial charge in [0.05, 0.1) is 0 Å². The molecule has 0 radical (unpaired) electrons. The number of amides is 1. The third-order valence-electron chi connectivity index (χ3n) is 1.87. The van der Waals surface area contributed by atoms with Gasteiger partial charge >= 0.3 is 0 Å². The maximum atomic E-state index is 11.8. The Labute approximate surface area is 115 Å². The highest BCUT2D eigenvalue weighted by atomic mass is 35.5. The summed E-state index contributed by atoms with van der Waals surface area (Å²) in [5, 5.41) is 12.2. The van der Waals surface area contributed by atoms with Gasteiger partial charge in [-0.1, -0.05) is 23.2 Å². The minimum absolute atomic E-state index is 0.00361. The molecule has 0 fully saturated rings. The van der Waals surface area contributed by atoms with Crippen molar-refractivity contribution in [2.45, 2.75) is 0 Å². The molecule has 0 saturated heterocycles. The van der Waals surface area contributed by atoms with Crippen LogP contribution in [-0.4, -0.2) is 24.9 Å². The summed E-state index contributed by atoms with van der Waals surface area (Å²) in [7, 11) is 3.45. The second kappa shape index (κ2) is 6.29. The highest BCUT2D eigenvalue weighted by molar-refractivity contribution is 6.35. The molecule has 4 nitrogen and oxygen atoms in total. The van der Waals surface area contributed by atoms with E-state index in [0.717, 1.165) is 0 Å². The third kappa shape index (κ3) is 4.28. The summed E-state index contributed by atoms with van der Waals surface area (Å²) >= 11 is 11.6. The van der Waals surface area contributed by atoms with Crippen molar-refractivity contribution in [3.63, 3.8) is 0 Å². The molecule has 6 heteroatoms. The van der Waals surface area contributed by atoms with Gasteiger partial charge in [-0.05, 0) is 18.2 Å². The number of anilines is 1. The Hall–Kier alpha value is -1.70. The quantitative estimate of drug-likeness (QED) is 0.686. The van der Waals surface area contributed by atoms with Crippen LogP contribution < -0.4 is 5.32 Å². The molecule has 0 aliphatic heterocycles. The van der Waals surface area contributed by atoms with Crippen LogP contribution in [0.15, 0.2) is 30.0 Å². The first-order chi connectivity index (χ1) is 8.42. The van der Waals surface area contributed by atoms with Crippen LogP contribution in [-0.2, 0) is 4.79 Å². The Kier molecular flexibility index (Phi) is 5.02. The third-order valence-corrected chi connectivity index (χ3v) is 2.31. The van der Waals surface area contributed by atoms with Crippen molar-refractivity contribution in [1.82, 2.24) is 4.90 Å². The molecule has 0 aromatic heterocycles. The number of hydrogen-bond donors (Lipinski definition) is 1. The molecule has 0 aliphatic carbocycles. The van der Waals surface area contributed by atoms with Gasteiger partial charge in [-0.25, -0.2) is 0 Å². The van der Waals surface area contributed by atoms with E-state index < -0.39 is 5.91 Å². The molecule has 1 amide bonds. The predicted octanol–water partition coefficient (Wildman–Crippen LogP) is 2.90. The largest absolute Gasteiger partial charge is 0.382 e. The Morgan fingerprint density at radius 1 is 1.33 bits per heavy atom. The van der Waals surface area contributed by atoms with E-state index in [1.54, 1.807) is 37.2 Å². The first-order valence-corrected chi connectivity index (χ1v) is 5.73. The number of rotatable bonds is 3. The Morgan fingerprint density at radius 3 is 2.33 bits per heavy atom. The highest BCUT2D eigenvalue weighted by Crippen LogP contribution is 2.22. The maximum absolute atomic E-state index is 11.8. The van der Waals surface area contributed by atoms with Gasteiger partial charge in [0.2, 0.25) is 0 Å². The van der Waals surface area contributed by atoms with Crippen LogP contribution in [0.4, 0.5) is 5.69 Å². The van der Waals surface area contributed by atoms with Gasteiger partial charge in [-0.3, -0.25) is 4.79 Å². The van der Waals surface area contributed by atoms with Crippen molar-refractivity contribution in [1.29, 1.82) is 5.26 Å². The van der Waals surface area contributed by atoms with Crippen LogP contribution in [0.5, 0.6) is 0 Å². The number of carbonyl (C=O) groups excluding carboxylic acids is 1. The fourth-order valence-electron chi connectivity index (χ4n) is 1.22. The van der Waals surface area contributed by atoms with Crippen LogP contribution in [0.2, 0.25) is 10.0 Å². The van der Waals surface area contributed by atoms with Crippen molar-refractivity contribution in [2.75, 3.05) is 19.4 Å². The second-order valence-corrected chi connectivity index (χ2v) is 4.60. The average molecular weight is 284 g/mol. The van der Waals surface area contributed by atoms with E-state index in [-0.39, 0.29) is 5.57 Å². The van der Waals surface area contributed by atoms with Gasteiger partial charge in [-0.2, -0.15) is 5.26 Å². The van der Waals surface area contributed by atoms with Crippen LogP contribution in [0.1, 0.15) is 0 Å². The molecule has 1 rings (SSSR count). The lowest BCUT2D eigenvalue weighted by Crippen LogP contribution is -2.16. The van der Waals surface area contributed by atoms with Gasteiger partial charge in [0.15, 0.2) is 0 Å². The molecule has 0 unspecified atom stereocenters. The number of nitrogens with one attached hydrogen (secondary N) is 1. The van der Waals surface area contributed by atoms with Gasteiger partial charge in [0, 0.05) is 36.0 Å². The summed E-state index contributed by atoms with van der Waals surface area (Å²) in [5.74, 6) is -0.510. The van der Waals surface area contributed by atoms with Crippen molar-refractivity contribution in [3.8, 4) is 6.07 Å². The zero-order chi connectivity index (χ0) is 13.7. The first-order valence-electron chi connectivity index (χ1n) is 4.98. The van der Waals surface area contributed by atoms with E-state index in [2.05, 4.69) is 5.32 Å². The molecule has 0 spiro atoms. The molecule has 1 aromatic carbocycles. The van der Waals surface area contributed by atoms with E-state index in [9.17, 15) is 4.79 Å². The standard InChI is InChI=1S/C12H11Cl2N3O/c1-17(2)7-8(6-15)12(18)16-11-4-9(13)3-10(14)5-11/h3-5,7H,1-2H3,(H,16,18)/b8-7-. The molecule has 18 heavy (non-hydrogen) atoms. The molecule has 1 aromatic rings. The zero-order valence-corrected chi connectivity index (χ0v) is 11.4. The van der Waals surface area contributed by atoms with Crippen LogP contribution >= 0.6 is 23.2 Å². The van der Waals surface area contributed by atoms with Gasteiger partial charge in [-0.15, -0.1) is 0 Å². The predicted molar refractivity (Wildman–Crippen MR) is 72.5 cm³/mol. The van der Waals surface area contributed by atoms with E-state index in [4.69, 9.17) is 28.5 Å². The number of carbonyl (C=O) groups is 1. The Bertz CT molecular complexity index is 512. The topological polar surface area (TPSA) is 56.1 Å². The van der Waals surface area contributed by atoms with Crippen molar-refractivity contribution < 1.29 is 4.79 Å². The number of hydrogen-bond acceptors (Lipinski definition) is 3. The summed E-state index contributed by atoms with van der Waals surface area (Å²) < 4.78 is 0. The smallest absolute Gasteiger partial charge is 0.267 e. The normalized spacial score (nSPS) is 10.7. The van der Waals surface area contributed by atoms with Gasteiger partial charge in [0.1, 0.15) is 11.6 Å². The molecule has 94 valence electrons. The first kappa shape index (κ1) is 14.4. The van der Waals surface area contributed by atoms with E-state index in [1.165, 1.54) is 6.20 Å². The van der Waals surface area contributed by atoms with E-state index in [1.807, 2.05) is 6.07 Å². The highest BCUT2D eigenvalue weighted by Gasteiger charge is 2.10. The number of nitriles is 1. The van der Waals surface area contributed by atoms with E-state index in [0.29, 0.717) is 15.7 Å². The van der Waals surface area contributed by atoms with Crippen LogP contribution in [0, 0.1) is 11.3 Å². The lowest BCUT2D eigenvalue weighted by atomic mass is 10.2. The summed E-state index contributed by atoms with van der Waals surface area (Å²) in [4.78, 5) is 13.4. The van der Waals surface area contributed by atoms with Crippen molar-refractivity contribution >= 4 is 34.8 Å². The molecular weight excluding hydrogens is 273 g/mol. The molecule has 0 atom stereocenters. The molecule has 1 N–H and O–H groups in total. The average Bonchev–Trinajstić information content (AvgIpc) is 2.23. The lowest BCUT2D eigenvalue weighted by Gasteiger charge is -2.08. The fraction of sp³-hybridized carbons (Fsp3) is 0.167. The number of benzene rings is 1. The number of halogens is 2. The molecule has 0 aliphatic rings. The van der Waals surface area contributed by atoms with Crippen molar-refractivity contribution in [3.05, 3.63) is 40.0 Å². The van der Waals surface area contributed by atoms with Gasteiger partial charge in [0.25, 0.3) is 5.91 Å². The molecule has 0 heterocycles. The zero-order valence-electron chi connectivity index (χ0n) is 9.87. The monoisotopic (exact) mass is 283 g/mol. The van der Waals surface area contributed by atoms with Crippen molar-refractivity contribution in [2.24, 2.45) is 0 Å². The summed E-state index contributed by atoms with van der Waals surface area (Å²) in [6.07, 6.45) is 1.43. The van der Waals surface area contributed by atoms with Crippen LogP contribution in [0.3, 0.4) is 0 Å². The maximum Gasteiger partial charge on any atom is 0.267 e. The van der Waals surface area contributed by atoms with Crippen LogP contribution in [0.25, 0.3) is 0 Å². The summed E-state index contributed by atoms with van der Waals surface area (Å²) in [6, 6.07) is 6.48. The lowest BCUT2D eigenvalue weighted by molar-refractivity contribution is -0.112. The summed E-state index contributed by atoms with van der Waals surface area (Å²) in [6.45, 7) is 0. The minimum atomic E-state index is -0.510. The molecule has 0 saturated carbocycles. The van der Waals surface area contributed by atoms with Gasteiger partial charge < -0.3 is 10.2 Å². The minimum Gasteiger partial charge on any atom is -0.382 e. The summed E-state index contributed by atoms with van der Waals surface area (Å²) in [5.41, 5.74) is 0.438. The van der Waals surface area contributed by atoms with E-state index >= 15 is 0 Å². The molecular formula is C12H11Cl2N3O. The Balaban J connectivity index is 2.91. The SMILES string of the molecule is CN(C)/C=C(/C#N)C(=O)Nc1cc(Cl)cc(Cl)c1. The second-order valence-electron chi connectivity index (χ2n) is 3.73. The molecule has 0 bridgehead atoms. The number of nitrogens with zero attached hydrogens (tertiary/aromatic N) is 2. The Morgan fingerprint density at radius 2 is 1.89 bits per heavy atom. The fourth-order valence-corrected chi connectivity index (χ4v) is 1.75.